The molecule has 3 heterocycles. The number of hydrogen-bond donors (Lipinski definition) is 2. The van der Waals surface area contributed by atoms with E-state index in [4.69, 9.17) is 9.90 Å². The van der Waals surface area contributed by atoms with Crippen LogP contribution < -0.4 is 15.6 Å². The molecular formula is C26H31F4N5O5. The van der Waals surface area contributed by atoms with Crippen molar-refractivity contribution in [3.63, 3.8) is 0 Å². The van der Waals surface area contributed by atoms with Gasteiger partial charge < -0.3 is 24.6 Å². The summed E-state index contributed by atoms with van der Waals surface area (Å²) in [5.41, 5.74) is 2.59. The molecule has 2 aromatic rings. The van der Waals surface area contributed by atoms with Crippen LogP contribution in [0.1, 0.15) is 39.2 Å². The molecule has 2 N–H and O–H groups in total. The van der Waals surface area contributed by atoms with Crippen molar-refractivity contribution in [3.05, 3.63) is 62.3 Å². The number of aliphatic carboxylic acids is 1. The number of carbonyl (C=O) groups excluding carboxylic acids is 3. The highest BCUT2D eigenvalue weighted by molar-refractivity contribution is 5.95. The van der Waals surface area contributed by atoms with Gasteiger partial charge in [0.1, 0.15) is 11.8 Å². The van der Waals surface area contributed by atoms with Crippen LogP contribution in [0.5, 0.6) is 0 Å². The predicted molar refractivity (Wildman–Crippen MR) is 132 cm³/mol. The highest BCUT2D eigenvalue weighted by Crippen LogP contribution is 2.19. The first kappa shape index (κ1) is 30.7. The second-order valence-corrected chi connectivity index (χ2v) is 10.0. The normalized spacial score (nSPS) is 19.2. The van der Waals surface area contributed by atoms with Crippen molar-refractivity contribution < 1.29 is 42.0 Å². The molecular weight excluding hydrogens is 538 g/mol. The van der Waals surface area contributed by atoms with Crippen LogP contribution in [0.25, 0.3) is 0 Å². The molecule has 0 saturated carbocycles. The van der Waals surface area contributed by atoms with Crippen LogP contribution >= 0.6 is 0 Å². The molecule has 0 spiro atoms. The Labute approximate surface area is 227 Å². The van der Waals surface area contributed by atoms with E-state index in [9.17, 15) is 31.9 Å². The van der Waals surface area contributed by atoms with Crippen LogP contribution in [-0.4, -0.2) is 90.3 Å². The lowest BCUT2D eigenvalue weighted by Crippen LogP contribution is -3.07. The van der Waals surface area contributed by atoms with Crippen molar-refractivity contribution in [2.24, 2.45) is 5.92 Å². The molecule has 10 nitrogen and oxygen atoms in total. The monoisotopic (exact) mass is 569 g/mol. The molecule has 40 heavy (non-hydrogen) atoms. The summed E-state index contributed by atoms with van der Waals surface area (Å²) in [5, 5.41) is 15.4. The number of carboxylic acids is 1. The largest absolute Gasteiger partial charge is 0.542 e. The summed E-state index contributed by atoms with van der Waals surface area (Å²) >= 11 is 0. The first-order valence-corrected chi connectivity index (χ1v) is 12.7. The van der Waals surface area contributed by atoms with Gasteiger partial charge in [-0.1, -0.05) is 6.07 Å². The number of aromatic amines is 1. The van der Waals surface area contributed by atoms with E-state index in [1.54, 1.807) is 24.0 Å². The van der Waals surface area contributed by atoms with Gasteiger partial charge in [-0.25, -0.2) is 9.49 Å². The van der Waals surface area contributed by atoms with E-state index < -0.39 is 18.0 Å². The van der Waals surface area contributed by atoms with Crippen molar-refractivity contribution in [1.82, 2.24) is 20.0 Å². The molecule has 2 fully saturated rings. The first-order chi connectivity index (χ1) is 18.7. The minimum Gasteiger partial charge on any atom is -0.542 e. The van der Waals surface area contributed by atoms with Gasteiger partial charge in [-0.15, -0.1) is 0 Å². The minimum atomic E-state index is -5.19. The molecule has 0 aliphatic carbocycles. The fraction of sp³-hybridized carbons (Fsp3) is 0.500. The fourth-order valence-electron chi connectivity index (χ4n) is 4.70. The van der Waals surface area contributed by atoms with E-state index in [0.717, 1.165) is 30.6 Å². The maximum absolute atomic E-state index is 14.6. The van der Waals surface area contributed by atoms with E-state index in [2.05, 4.69) is 17.2 Å². The van der Waals surface area contributed by atoms with Crippen molar-refractivity contribution >= 4 is 17.8 Å². The molecule has 2 aliphatic rings. The number of rotatable bonds is 4. The lowest BCUT2D eigenvalue weighted by Gasteiger charge is -2.35. The Kier molecular flexibility index (Phi) is 9.66. The minimum absolute atomic E-state index is 0.0205. The summed E-state index contributed by atoms with van der Waals surface area (Å²) in [4.78, 5) is 51.2. The Hall–Kier alpha value is -3.81. The van der Waals surface area contributed by atoms with E-state index in [-0.39, 0.29) is 28.9 Å². The maximum Gasteiger partial charge on any atom is 0.430 e. The third kappa shape index (κ3) is 7.43. The zero-order chi connectivity index (χ0) is 29.8. The van der Waals surface area contributed by atoms with E-state index in [1.165, 1.54) is 11.0 Å². The molecule has 2 aliphatic heterocycles. The van der Waals surface area contributed by atoms with Gasteiger partial charge >= 0.3 is 6.18 Å². The smallest absolute Gasteiger partial charge is 0.430 e. The number of quaternary nitrogens is 1. The number of aromatic nitrogens is 2. The Morgan fingerprint density at radius 1 is 1.10 bits per heavy atom. The molecule has 218 valence electrons. The summed E-state index contributed by atoms with van der Waals surface area (Å²) in [6, 6.07) is 4.49. The van der Waals surface area contributed by atoms with Gasteiger partial charge in [0, 0.05) is 44.6 Å². The quantitative estimate of drug-likeness (QED) is 0.466. The number of nitrogens with one attached hydrogen (secondary N) is 2. The zero-order valence-corrected chi connectivity index (χ0v) is 22.4. The zero-order valence-electron chi connectivity index (χ0n) is 22.4. The van der Waals surface area contributed by atoms with Gasteiger partial charge in [0.25, 0.3) is 11.5 Å². The number of halogens is 4. The molecule has 0 radical (unpaired) electrons. The van der Waals surface area contributed by atoms with Gasteiger partial charge in [0.2, 0.25) is 5.91 Å². The number of piperazine rings is 1. The summed E-state index contributed by atoms with van der Waals surface area (Å²) in [6.07, 6.45) is -3.91. The number of nitrogens with zero attached hydrogens (tertiary/aromatic N) is 3. The second kappa shape index (κ2) is 12.6. The average Bonchev–Trinajstić information content (AvgIpc) is 3.35. The average molecular weight is 570 g/mol. The Bertz CT molecular complexity index is 1320. The third-order valence-corrected chi connectivity index (χ3v) is 7.23. The summed E-state index contributed by atoms with van der Waals surface area (Å²) < 4.78 is 46.1. The van der Waals surface area contributed by atoms with Crippen LogP contribution in [0.3, 0.4) is 0 Å². The van der Waals surface area contributed by atoms with Crippen molar-refractivity contribution in [3.8, 4) is 0 Å². The molecule has 2 saturated heterocycles. The van der Waals surface area contributed by atoms with Crippen molar-refractivity contribution in [2.75, 3.05) is 46.3 Å². The number of hydrogen-bond acceptors (Lipinski definition) is 6. The second-order valence-electron chi connectivity index (χ2n) is 10.0. The van der Waals surface area contributed by atoms with Gasteiger partial charge in [0.15, 0.2) is 0 Å². The Morgan fingerprint density at radius 2 is 1.70 bits per heavy atom. The number of H-pyrrole nitrogens is 1. The lowest BCUT2D eigenvalue weighted by atomic mass is 10.0. The number of likely N-dealkylation sites (tertiary alicyclic amines) is 1. The first-order valence-electron chi connectivity index (χ1n) is 12.7. The van der Waals surface area contributed by atoms with Crippen LogP contribution in [-0.2, 0) is 16.0 Å². The lowest BCUT2D eigenvalue weighted by molar-refractivity contribution is -0.867. The molecule has 1 aromatic carbocycles. The summed E-state index contributed by atoms with van der Waals surface area (Å²) in [5.74, 6) is -3.70. The Balaban J connectivity index is 0.000000559. The van der Waals surface area contributed by atoms with Crippen molar-refractivity contribution in [2.45, 2.75) is 32.9 Å². The van der Waals surface area contributed by atoms with Crippen molar-refractivity contribution in [1.29, 1.82) is 0 Å². The number of benzene rings is 1. The van der Waals surface area contributed by atoms with Crippen LogP contribution in [0.15, 0.2) is 23.0 Å². The SMILES string of the molecule is Cc1c(Cc2ccc(F)c(C(=O)N3CCN(C(=O)C4CC[NH+](C)C4)CC3)c2)n[nH]c(=O)c1C.O=C([O-])C(F)(F)F. The number of carboxylic acid groups (broad SMARTS) is 1. The molecule has 4 rings (SSSR count). The third-order valence-electron chi connectivity index (χ3n) is 7.23. The van der Waals surface area contributed by atoms with Crippen LogP contribution in [0, 0.1) is 25.6 Å². The van der Waals surface area contributed by atoms with Gasteiger partial charge in [-0.05, 0) is 37.1 Å². The number of amides is 2. The summed E-state index contributed by atoms with van der Waals surface area (Å²) in [6.45, 7) is 7.16. The standard InChI is InChI=1S/C24H30FN5O3.C2HF3O2/c1-15-16(2)22(31)27-26-21(15)13-17-4-5-20(25)19(12-17)24(33)30-10-8-29(9-11-30)23(32)18-6-7-28(3)14-18;3-2(4,5)1(6)7/h4-5,12,18H,6-11,13-14H2,1-3H3,(H,27,31);(H,6,7). The van der Waals surface area contributed by atoms with E-state index >= 15 is 0 Å². The van der Waals surface area contributed by atoms with Crippen LogP contribution in [0.4, 0.5) is 17.6 Å². The number of carbonyl (C=O) groups is 3. The highest BCUT2D eigenvalue weighted by atomic mass is 19.4. The molecule has 0 bridgehead atoms. The predicted octanol–water partition coefficient (Wildman–Crippen LogP) is -0.766. The highest BCUT2D eigenvalue weighted by Gasteiger charge is 2.35. The molecule has 2 unspecified atom stereocenters. The summed E-state index contributed by atoms with van der Waals surface area (Å²) in [7, 11) is 2.10. The van der Waals surface area contributed by atoms with Gasteiger partial charge in [-0.3, -0.25) is 14.4 Å². The Morgan fingerprint density at radius 3 is 2.25 bits per heavy atom. The van der Waals surface area contributed by atoms with Gasteiger partial charge in [-0.2, -0.15) is 18.3 Å². The van der Waals surface area contributed by atoms with E-state index in [1.807, 2.05) is 11.8 Å². The molecule has 14 heteroatoms. The maximum atomic E-state index is 14.6. The molecule has 2 amide bonds. The van der Waals surface area contributed by atoms with E-state index in [0.29, 0.717) is 43.9 Å². The number of alkyl halides is 3. The van der Waals surface area contributed by atoms with Crippen LogP contribution in [0.2, 0.25) is 0 Å². The molecule has 2 atom stereocenters. The topological polar surface area (TPSA) is 131 Å². The molecule has 1 aromatic heterocycles. The van der Waals surface area contributed by atoms with Gasteiger partial charge in [0.05, 0.1) is 37.3 Å². The fourth-order valence-corrected chi connectivity index (χ4v) is 4.70.